The highest BCUT2D eigenvalue weighted by molar-refractivity contribution is 6.18. The molecule has 0 saturated heterocycles. The largest absolute Gasteiger partial charge is 0.364 e. The second kappa shape index (κ2) is 5.75. The molecule has 1 rings (SSSR count). The van der Waals surface area contributed by atoms with Crippen molar-refractivity contribution in [2.24, 2.45) is 5.92 Å². The lowest BCUT2D eigenvalue weighted by Crippen LogP contribution is -2.37. The van der Waals surface area contributed by atoms with Gasteiger partial charge in [0.1, 0.15) is 6.26 Å². The summed E-state index contributed by atoms with van der Waals surface area (Å²) in [7, 11) is 0. The Morgan fingerprint density at radius 2 is 2.40 bits per heavy atom. The van der Waals surface area contributed by atoms with Crippen LogP contribution in [0.15, 0.2) is 16.9 Å². The molecule has 1 aromatic rings. The van der Waals surface area contributed by atoms with Gasteiger partial charge in [-0.3, -0.25) is 4.79 Å². The first kappa shape index (κ1) is 12.0. The average Bonchev–Trinajstić information content (AvgIpc) is 2.68. The number of nitrogens with one attached hydrogen (secondary N) is 1. The highest BCUT2D eigenvalue weighted by Crippen LogP contribution is 2.07. The molecule has 0 aliphatic heterocycles. The first-order chi connectivity index (χ1) is 7.13. The van der Waals surface area contributed by atoms with E-state index >= 15 is 0 Å². The summed E-state index contributed by atoms with van der Waals surface area (Å²) in [6.07, 6.45) is 2.22. The van der Waals surface area contributed by atoms with E-state index in [1.165, 1.54) is 12.3 Å². The van der Waals surface area contributed by atoms with Crippen molar-refractivity contribution in [3.05, 3.63) is 18.0 Å². The van der Waals surface area contributed by atoms with Gasteiger partial charge in [0, 0.05) is 18.0 Å². The van der Waals surface area contributed by atoms with E-state index in [1.807, 2.05) is 0 Å². The molecular formula is C10H15ClN2O2. The molecule has 0 aliphatic carbocycles. The number of aromatic nitrogens is 1. The summed E-state index contributed by atoms with van der Waals surface area (Å²) in [5.74, 6) is 0.656. The number of carbonyl (C=O) groups excluding carboxylic acids is 1. The van der Waals surface area contributed by atoms with E-state index in [4.69, 9.17) is 11.6 Å². The first-order valence-corrected chi connectivity index (χ1v) is 5.44. The van der Waals surface area contributed by atoms with Gasteiger partial charge in [-0.05, 0) is 12.3 Å². The van der Waals surface area contributed by atoms with Crippen molar-refractivity contribution in [2.75, 3.05) is 5.88 Å². The molecule has 0 spiro atoms. The Kier molecular flexibility index (Phi) is 4.62. The quantitative estimate of drug-likeness (QED) is 0.788. The SMILES string of the molecule is CC(C)CC(CCl)NC(=O)c1ccon1. The molecule has 0 aromatic carbocycles. The van der Waals surface area contributed by atoms with Crippen LogP contribution in [0.3, 0.4) is 0 Å². The van der Waals surface area contributed by atoms with Crippen molar-refractivity contribution in [2.45, 2.75) is 26.3 Å². The van der Waals surface area contributed by atoms with E-state index in [1.54, 1.807) is 0 Å². The van der Waals surface area contributed by atoms with Gasteiger partial charge in [-0.15, -0.1) is 11.6 Å². The second-order valence-corrected chi connectivity index (χ2v) is 4.15. The van der Waals surface area contributed by atoms with Crippen LogP contribution in [0.4, 0.5) is 0 Å². The summed E-state index contributed by atoms with van der Waals surface area (Å²) in [6.45, 7) is 4.17. The van der Waals surface area contributed by atoms with E-state index in [2.05, 4.69) is 28.8 Å². The zero-order valence-corrected chi connectivity index (χ0v) is 9.62. The molecule has 1 aromatic heterocycles. The Hall–Kier alpha value is -1.03. The highest BCUT2D eigenvalue weighted by atomic mass is 35.5. The van der Waals surface area contributed by atoms with Crippen LogP contribution in [0.2, 0.25) is 0 Å². The van der Waals surface area contributed by atoms with E-state index in [0.29, 0.717) is 11.8 Å². The normalized spacial score (nSPS) is 12.8. The summed E-state index contributed by atoms with van der Waals surface area (Å²) >= 11 is 5.76. The number of amides is 1. The number of alkyl halides is 1. The van der Waals surface area contributed by atoms with Gasteiger partial charge in [-0.1, -0.05) is 19.0 Å². The van der Waals surface area contributed by atoms with Crippen LogP contribution < -0.4 is 5.32 Å². The third kappa shape index (κ3) is 3.91. The van der Waals surface area contributed by atoms with Gasteiger partial charge in [0.2, 0.25) is 0 Å². The van der Waals surface area contributed by atoms with E-state index < -0.39 is 0 Å². The monoisotopic (exact) mass is 230 g/mol. The third-order valence-electron chi connectivity index (χ3n) is 1.95. The van der Waals surface area contributed by atoms with E-state index in [0.717, 1.165) is 6.42 Å². The molecule has 1 heterocycles. The molecule has 0 saturated carbocycles. The number of rotatable bonds is 5. The zero-order valence-electron chi connectivity index (χ0n) is 8.87. The fourth-order valence-corrected chi connectivity index (χ4v) is 1.52. The molecule has 1 atom stereocenters. The van der Waals surface area contributed by atoms with E-state index in [-0.39, 0.29) is 17.6 Å². The lowest BCUT2D eigenvalue weighted by atomic mass is 10.1. The topological polar surface area (TPSA) is 55.1 Å². The van der Waals surface area contributed by atoms with Crippen molar-refractivity contribution < 1.29 is 9.32 Å². The molecule has 1 unspecified atom stereocenters. The van der Waals surface area contributed by atoms with Crippen LogP contribution in [0.1, 0.15) is 30.8 Å². The molecule has 0 fully saturated rings. The van der Waals surface area contributed by atoms with Crippen molar-refractivity contribution in [1.29, 1.82) is 0 Å². The van der Waals surface area contributed by atoms with Crippen LogP contribution in [-0.2, 0) is 0 Å². The molecule has 0 bridgehead atoms. The van der Waals surface area contributed by atoms with Gasteiger partial charge in [0.15, 0.2) is 5.69 Å². The molecule has 1 N–H and O–H groups in total. The lowest BCUT2D eigenvalue weighted by Gasteiger charge is -2.16. The molecule has 4 nitrogen and oxygen atoms in total. The summed E-state index contributed by atoms with van der Waals surface area (Å²) in [4.78, 5) is 11.6. The Balaban J connectivity index is 2.48. The number of hydrogen-bond acceptors (Lipinski definition) is 3. The number of halogens is 1. The Bertz CT molecular complexity index is 298. The van der Waals surface area contributed by atoms with Gasteiger partial charge < -0.3 is 9.84 Å². The summed E-state index contributed by atoms with van der Waals surface area (Å²) in [5.41, 5.74) is 0.286. The van der Waals surface area contributed by atoms with Crippen molar-refractivity contribution >= 4 is 17.5 Å². The number of nitrogens with zero attached hydrogens (tertiary/aromatic N) is 1. The minimum absolute atomic E-state index is 0.0177. The van der Waals surface area contributed by atoms with Gasteiger partial charge in [-0.2, -0.15) is 0 Å². The maximum Gasteiger partial charge on any atom is 0.273 e. The molecular weight excluding hydrogens is 216 g/mol. The highest BCUT2D eigenvalue weighted by Gasteiger charge is 2.15. The summed E-state index contributed by atoms with van der Waals surface area (Å²) in [5, 5.41) is 6.36. The van der Waals surface area contributed by atoms with Crippen LogP contribution in [0, 0.1) is 5.92 Å². The fraction of sp³-hybridized carbons (Fsp3) is 0.600. The number of hydrogen-bond donors (Lipinski definition) is 1. The van der Waals surface area contributed by atoms with Gasteiger partial charge >= 0.3 is 0 Å². The minimum atomic E-state index is -0.241. The second-order valence-electron chi connectivity index (χ2n) is 3.84. The predicted molar refractivity (Wildman–Crippen MR) is 57.9 cm³/mol. The molecule has 84 valence electrons. The standard InChI is InChI=1S/C10H15ClN2O2/c1-7(2)5-8(6-11)12-10(14)9-3-4-15-13-9/h3-4,7-8H,5-6H2,1-2H3,(H,12,14). The maximum atomic E-state index is 11.6. The smallest absolute Gasteiger partial charge is 0.273 e. The van der Waals surface area contributed by atoms with Crippen LogP contribution in [-0.4, -0.2) is 23.0 Å². The molecule has 0 radical (unpaired) electrons. The van der Waals surface area contributed by atoms with Crippen LogP contribution >= 0.6 is 11.6 Å². The summed E-state index contributed by atoms with van der Waals surface area (Å²) in [6, 6.07) is 1.51. The average molecular weight is 231 g/mol. The zero-order chi connectivity index (χ0) is 11.3. The Labute approximate surface area is 94.0 Å². The van der Waals surface area contributed by atoms with Crippen LogP contribution in [0.5, 0.6) is 0 Å². The van der Waals surface area contributed by atoms with Crippen molar-refractivity contribution in [3.63, 3.8) is 0 Å². The van der Waals surface area contributed by atoms with Gasteiger partial charge in [0.25, 0.3) is 5.91 Å². The maximum absolute atomic E-state index is 11.6. The Morgan fingerprint density at radius 1 is 1.67 bits per heavy atom. The van der Waals surface area contributed by atoms with Gasteiger partial charge in [0.05, 0.1) is 0 Å². The minimum Gasteiger partial charge on any atom is -0.364 e. The molecule has 15 heavy (non-hydrogen) atoms. The van der Waals surface area contributed by atoms with Crippen molar-refractivity contribution in [3.8, 4) is 0 Å². The molecule has 0 aliphatic rings. The molecule has 5 heteroatoms. The Morgan fingerprint density at radius 3 is 2.87 bits per heavy atom. The van der Waals surface area contributed by atoms with Crippen molar-refractivity contribution in [1.82, 2.24) is 10.5 Å². The predicted octanol–water partition coefficient (Wildman–Crippen LogP) is 2.06. The third-order valence-corrected chi connectivity index (χ3v) is 2.32. The summed E-state index contributed by atoms with van der Waals surface area (Å²) < 4.78 is 4.59. The lowest BCUT2D eigenvalue weighted by molar-refractivity contribution is 0.0927. The fourth-order valence-electron chi connectivity index (χ4n) is 1.32. The van der Waals surface area contributed by atoms with E-state index in [9.17, 15) is 4.79 Å². The molecule has 1 amide bonds. The number of carbonyl (C=O) groups is 1. The van der Waals surface area contributed by atoms with Crippen LogP contribution in [0.25, 0.3) is 0 Å². The first-order valence-electron chi connectivity index (χ1n) is 4.90. The van der Waals surface area contributed by atoms with Gasteiger partial charge in [-0.25, -0.2) is 0 Å².